The molecule has 3 heterocycles. The van der Waals surface area contributed by atoms with E-state index < -0.39 is 5.41 Å². The Balaban J connectivity index is 1.76. The molecule has 24 heavy (non-hydrogen) atoms. The van der Waals surface area contributed by atoms with E-state index in [2.05, 4.69) is 0 Å². The van der Waals surface area contributed by atoms with E-state index in [1.165, 1.54) is 22.9 Å². The number of aliphatic hydroxyl groups excluding tert-OH is 1. The molecule has 1 aromatic heterocycles. The second-order valence-corrected chi connectivity index (χ2v) is 6.74. The molecule has 0 aromatic carbocycles. The molecular weight excluding hydrogens is 310 g/mol. The zero-order valence-electron chi connectivity index (χ0n) is 13.9. The summed E-state index contributed by atoms with van der Waals surface area (Å²) in [6.07, 6.45) is 3.88. The van der Waals surface area contributed by atoms with Crippen molar-refractivity contribution in [1.82, 2.24) is 14.4 Å². The quantitative estimate of drug-likeness (QED) is 0.833. The van der Waals surface area contributed by atoms with E-state index in [9.17, 15) is 14.4 Å². The van der Waals surface area contributed by atoms with Crippen molar-refractivity contribution in [3.63, 3.8) is 0 Å². The molecule has 1 N–H and O–H groups in total. The van der Waals surface area contributed by atoms with E-state index >= 15 is 0 Å². The topological polar surface area (TPSA) is 82.8 Å². The Bertz CT molecular complexity index is 712. The Morgan fingerprint density at radius 3 is 2.75 bits per heavy atom. The van der Waals surface area contributed by atoms with Crippen molar-refractivity contribution in [1.29, 1.82) is 0 Å². The van der Waals surface area contributed by atoms with E-state index in [0.29, 0.717) is 38.2 Å². The van der Waals surface area contributed by atoms with Gasteiger partial charge in [-0.25, -0.2) is 0 Å². The molecule has 2 saturated heterocycles. The summed E-state index contributed by atoms with van der Waals surface area (Å²) >= 11 is 0. The number of nitrogens with zero attached hydrogens (tertiary/aromatic N) is 3. The van der Waals surface area contributed by atoms with Crippen LogP contribution in [0.1, 0.15) is 29.6 Å². The van der Waals surface area contributed by atoms with Gasteiger partial charge in [-0.1, -0.05) is 0 Å². The maximum absolute atomic E-state index is 12.8. The molecule has 0 aliphatic carbocycles. The SMILES string of the molecule is Cn1cc(C(=O)N2CC[C@@]3(CCCN(CCO)C3=O)C2)ccc1=O. The van der Waals surface area contributed by atoms with Gasteiger partial charge in [-0.05, 0) is 25.3 Å². The predicted octanol–water partition coefficient (Wildman–Crippen LogP) is -0.168. The monoisotopic (exact) mass is 333 g/mol. The van der Waals surface area contributed by atoms with Gasteiger partial charge < -0.3 is 19.5 Å². The average molecular weight is 333 g/mol. The summed E-state index contributed by atoms with van der Waals surface area (Å²) in [7, 11) is 1.61. The van der Waals surface area contributed by atoms with Gasteiger partial charge in [0.2, 0.25) is 11.5 Å². The molecule has 0 radical (unpaired) electrons. The van der Waals surface area contributed by atoms with E-state index in [-0.39, 0.29) is 24.0 Å². The number of aliphatic hydroxyl groups is 1. The van der Waals surface area contributed by atoms with Gasteiger partial charge in [0.1, 0.15) is 0 Å². The first-order valence-electron chi connectivity index (χ1n) is 8.33. The summed E-state index contributed by atoms with van der Waals surface area (Å²) in [4.78, 5) is 40.4. The fraction of sp³-hybridized carbons (Fsp3) is 0.588. The fourth-order valence-electron chi connectivity index (χ4n) is 3.81. The van der Waals surface area contributed by atoms with Gasteiger partial charge in [-0.3, -0.25) is 14.4 Å². The molecule has 2 fully saturated rings. The number of β-amino-alcohol motifs (C(OH)–C–C–N with tert-alkyl or cyclic N) is 1. The minimum atomic E-state index is -0.510. The second kappa shape index (κ2) is 6.39. The van der Waals surface area contributed by atoms with Crippen LogP contribution in [-0.2, 0) is 11.8 Å². The van der Waals surface area contributed by atoms with Crippen LogP contribution in [0.25, 0.3) is 0 Å². The van der Waals surface area contributed by atoms with Gasteiger partial charge in [-0.2, -0.15) is 0 Å². The van der Waals surface area contributed by atoms with Crippen molar-refractivity contribution in [2.24, 2.45) is 12.5 Å². The standard InChI is InChI=1S/C17H23N3O4/c1-18-11-13(3-4-14(18)22)15(23)20-8-6-17(12-20)5-2-7-19(9-10-21)16(17)24/h3-4,11,21H,2,5-10,12H2,1H3/t17-/m0/s1. The molecule has 2 aliphatic heterocycles. The minimum absolute atomic E-state index is 0.0392. The van der Waals surface area contributed by atoms with E-state index in [1.54, 1.807) is 16.8 Å². The number of carbonyl (C=O) groups excluding carboxylic acids is 2. The molecule has 7 nitrogen and oxygen atoms in total. The lowest BCUT2D eigenvalue weighted by molar-refractivity contribution is -0.146. The predicted molar refractivity (Wildman–Crippen MR) is 87.5 cm³/mol. The van der Waals surface area contributed by atoms with Gasteiger partial charge in [0, 0.05) is 45.5 Å². The van der Waals surface area contributed by atoms with Crippen molar-refractivity contribution in [3.8, 4) is 0 Å². The molecule has 0 saturated carbocycles. The first-order valence-corrected chi connectivity index (χ1v) is 8.33. The van der Waals surface area contributed by atoms with E-state index in [4.69, 9.17) is 5.11 Å². The van der Waals surface area contributed by atoms with Crippen LogP contribution in [0, 0.1) is 5.41 Å². The normalized spacial score (nSPS) is 24.0. The number of hydrogen-bond acceptors (Lipinski definition) is 4. The summed E-state index contributed by atoms with van der Waals surface area (Å²) in [6, 6.07) is 2.92. The molecule has 2 aliphatic rings. The van der Waals surface area contributed by atoms with Crippen LogP contribution in [-0.4, -0.2) is 64.1 Å². The maximum Gasteiger partial charge on any atom is 0.255 e. The van der Waals surface area contributed by atoms with Crippen molar-refractivity contribution in [3.05, 3.63) is 34.2 Å². The van der Waals surface area contributed by atoms with Crippen molar-refractivity contribution in [2.45, 2.75) is 19.3 Å². The molecular formula is C17H23N3O4. The molecule has 7 heteroatoms. The van der Waals surface area contributed by atoms with Crippen molar-refractivity contribution >= 4 is 11.8 Å². The van der Waals surface area contributed by atoms with Crippen LogP contribution in [0.2, 0.25) is 0 Å². The zero-order chi connectivity index (χ0) is 17.3. The lowest BCUT2D eigenvalue weighted by Gasteiger charge is -2.39. The number of likely N-dealkylation sites (tertiary alicyclic amines) is 2. The van der Waals surface area contributed by atoms with Crippen molar-refractivity contribution < 1.29 is 14.7 Å². The van der Waals surface area contributed by atoms with Crippen LogP contribution < -0.4 is 5.56 Å². The Morgan fingerprint density at radius 1 is 1.25 bits per heavy atom. The van der Waals surface area contributed by atoms with Gasteiger partial charge >= 0.3 is 0 Å². The molecule has 1 atom stereocenters. The lowest BCUT2D eigenvalue weighted by Crippen LogP contribution is -2.51. The largest absolute Gasteiger partial charge is 0.395 e. The molecule has 2 amide bonds. The highest BCUT2D eigenvalue weighted by Crippen LogP contribution is 2.40. The van der Waals surface area contributed by atoms with Crippen LogP contribution >= 0.6 is 0 Å². The lowest BCUT2D eigenvalue weighted by atomic mass is 9.78. The highest BCUT2D eigenvalue weighted by Gasteiger charge is 2.49. The van der Waals surface area contributed by atoms with Gasteiger partial charge in [-0.15, -0.1) is 0 Å². The van der Waals surface area contributed by atoms with Crippen molar-refractivity contribution in [2.75, 3.05) is 32.8 Å². The fourth-order valence-corrected chi connectivity index (χ4v) is 3.81. The second-order valence-electron chi connectivity index (χ2n) is 6.74. The van der Waals surface area contributed by atoms with Gasteiger partial charge in [0.15, 0.2) is 0 Å². The maximum atomic E-state index is 12.8. The third kappa shape index (κ3) is 2.84. The first kappa shape index (κ1) is 16.7. The summed E-state index contributed by atoms with van der Waals surface area (Å²) < 4.78 is 1.38. The van der Waals surface area contributed by atoms with Crippen LogP contribution in [0.5, 0.6) is 0 Å². The smallest absolute Gasteiger partial charge is 0.255 e. The highest BCUT2D eigenvalue weighted by molar-refractivity contribution is 5.95. The summed E-state index contributed by atoms with van der Waals surface area (Å²) in [6.45, 7) is 1.95. The van der Waals surface area contributed by atoms with Crippen LogP contribution in [0.4, 0.5) is 0 Å². The Hall–Kier alpha value is -2.15. The molecule has 0 unspecified atom stereocenters. The number of carbonyl (C=O) groups is 2. The Labute approximate surface area is 140 Å². The highest BCUT2D eigenvalue weighted by atomic mass is 16.3. The van der Waals surface area contributed by atoms with Gasteiger partial charge in [0.05, 0.1) is 17.6 Å². The van der Waals surface area contributed by atoms with Gasteiger partial charge in [0.25, 0.3) is 5.91 Å². The summed E-state index contributed by atoms with van der Waals surface area (Å²) in [5.41, 5.74) is -0.208. The zero-order valence-corrected chi connectivity index (χ0v) is 13.9. The first-order chi connectivity index (χ1) is 11.5. The summed E-state index contributed by atoms with van der Waals surface area (Å²) in [5, 5.41) is 9.12. The Kier molecular flexibility index (Phi) is 4.45. The number of rotatable bonds is 3. The number of pyridine rings is 1. The van der Waals surface area contributed by atoms with Crippen LogP contribution in [0.15, 0.2) is 23.1 Å². The number of piperidine rings is 1. The third-order valence-corrected chi connectivity index (χ3v) is 5.17. The molecule has 1 aromatic rings. The number of amides is 2. The third-order valence-electron chi connectivity index (χ3n) is 5.17. The molecule has 3 rings (SSSR count). The number of aryl methyl sites for hydroxylation is 1. The van der Waals surface area contributed by atoms with E-state index in [1.807, 2.05) is 0 Å². The minimum Gasteiger partial charge on any atom is -0.395 e. The molecule has 0 bridgehead atoms. The molecule has 1 spiro atoms. The van der Waals surface area contributed by atoms with Crippen LogP contribution in [0.3, 0.4) is 0 Å². The van der Waals surface area contributed by atoms with E-state index in [0.717, 1.165) is 12.8 Å². The number of aromatic nitrogens is 1. The summed E-state index contributed by atoms with van der Waals surface area (Å²) in [5.74, 6) is -0.0897. The molecule has 130 valence electrons. The Morgan fingerprint density at radius 2 is 2.04 bits per heavy atom. The average Bonchev–Trinajstić information content (AvgIpc) is 2.99. The number of hydrogen-bond donors (Lipinski definition) is 1.